The number of aliphatic hydroxyl groups excluding tert-OH is 1. The summed E-state index contributed by atoms with van der Waals surface area (Å²) in [6.07, 6.45) is 0.929. The molecule has 1 rings (SSSR count). The SMILES string of the molecule is C=C1O[C@H](CC)C(C)(C)C(O)C(C)C(=NC)[C@H](C)C[C@@](C)(OC)[C@H](C)CC(=O)C1C. The number of Topliss-reactive ketones (excluding diaryl/α,β-unsaturated/α-hetero) is 1. The molecule has 0 spiro atoms. The van der Waals surface area contributed by atoms with Gasteiger partial charge < -0.3 is 14.6 Å². The van der Waals surface area contributed by atoms with E-state index < -0.39 is 23.0 Å². The number of hydrogen-bond acceptors (Lipinski definition) is 5. The molecule has 7 atom stereocenters. The van der Waals surface area contributed by atoms with Gasteiger partial charge in [-0.25, -0.2) is 0 Å². The Labute approximate surface area is 184 Å². The number of nitrogens with zero attached hydrogens (tertiary/aromatic N) is 1. The summed E-state index contributed by atoms with van der Waals surface area (Å²) in [6.45, 7) is 20.3. The largest absolute Gasteiger partial charge is 0.494 e. The molecule has 0 saturated carbocycles. The average Bonchev–Trinajstić information content (AvgIpc) is 2.69. The highest BCUT2D eigenvalue weighted by Gasteiger charge is 2.44. The molecule has 0 aromatic rings. The molecule has 0 bridgehead atoms. The lowest BCUT2D eigenvalue weighted by Crippen LogP contribution is -2.49. The Balaban J connectivity index is 3.48. The Morgan fingerprint density at radius 2 is 1.80 bits per heavy atom. The first-order valence-corrected chi connectivity index (χ1v) is 11.3. The molecule has 3 unspecified atom stereocenters. The minimum Gasteiger partial charge on any atom is -0.494 e. The Morgan fingerprint density at radius 3 is 2.27 bits per heavy atom. The van der Waals surface area contributed by atoms with E-state index in [2.05, 4.69) is 32.3 Å². The number of allylic oxidation sites excluding steroid dienone is 1. The molecule has 1 fully saturated rings. The van der Waals surface area contributed by atoms with Crippen molar-refractivity contribution in [1.29, 1.82) is 0 Å². The average molecular weight is 424 g/mol. The van der Waals surface area contributed by atoms with Crippen molar-refractivity contribution in [2.75, 3.05) is 14.2 Å². The van der Waals surface area contributed by atoms with Crippen LogP contribution in [0, 0.1) is 29.1 Å². The number of carbonyl (C=O) groups is 1. The maximum Gasteiger partial charge on any atom is 0.143 e. The number of hydrogen-bond donors (Lipinski definition) is 1. The molecule has 1 saturated heterocycles. The molecule has 1 aliphatic heterocycles. The Kier molecular flexibility index (Phi) is 9.31. The first kappa shape index (κ1) is 26.8. The van der Waals surface area contributed by atoms with E-state index in [-0.39, 0.29) is 29.6 Å². The maximum atomic E-state index is 13.0. The molecule has 0 aliphatic carbocycles. The fourth-order valence-corrected chi connectivity index (χ4v) is 4.99. The molecule has 0 amide bonds. The van der Waals surface area contributed by atoms with Gasteiger partial charge in [0.25, 0.3) is 0 Å². The predicted molar refractivity (Wildman–Crippen MR) is 124 cm³/mol. The van der Waals surface area contributed by atoms with Crippen LogP contribution in [0.25, 0.3) is 0 Å². The van der Waals surface area contributed by atoms with Crippen LogP contribution in [0.4, 0.5) is 0 Å². The highest BCUT2D eigenvalue weighted by molar-refractivity contribution is 5.89. The Morgan fingerprint density at radius 1 is 1.23 bits per heavy atom. The van der Waals surface area contributed by atoms with E-state index in [4.69, 9.17) is 9.47 Å². The number of aliphatic imine (C=N–C) groups is 1. The second kappa shape index (κ2) is 10.4. The number of carbonyl (C=O) groups excluding carboxylic acids is 1. The van der Waals surface area contributed by atoms with E-state index in [1.165, 1.54) is 0 Å². The molecule has 1 N–H and O–H groups in total. The second-order valence-electron chi connectivity index (χ2n) is 10.1. The molecule has 1 heterocycles. The van der Waals surface area contributed by atoms with Gasteiger partial charge in [0, 0.05) is 37.6 Å². The van der Waals surface area contributed by atoms with Crippen LogP contribution >= 0.6 is 0 Å². The van der Waals surface area contributed by atoms with E-state index in [9.17, 15) is 9.90 Å². The normalized spacial score (nSPS) is 40.7. The molecule has 0 aromatic carbocycles. The van der Waals surface area contributed by atoms with Crippen LogP contribution in [0.3, 0.4) is 0 Å². The first-order valence-electron chi connectivity index (χ1n) is 11.3. The van der Waals surface area contributed by atoms with E-state index in [0.717, 1.165) is 12.1 Å². The number of ether oxygens (including phenoxy) is 2. The van der Waals surface area contributed by atoms with Crippen molar-refractivity contribution >= 4 is 11.5 Å². The monoisotopic (exact) mass is 423 g/mol. The van der Waals surface area contributed by atoms with E-state index in [0.29, 0.717) is 18.6 Å². The summed E-state index contributed by atoms with van der Waals surface area (Å²) in [7, 11) is 3.50. The molecule has 0 radical (unpaired) electrons. The zero-order chi connectivity index (χ0) is 23.4. The third-order valence-corrected chi connectivity index (χ3v) is 7.65. The van der Waals surface area contributed by atoms with Crippen molar-refractivity contribution in [3.63, 3.8) is 0 Å². The molecule has 5 nitrogen and oxygen atoms in total. The third-order valence-electron chi connectivity index (χ3n) is 7.65. The van der Waals surface area contributed by atoms with Crippen molar-refractivity contribution < 1.29 is 19.4 Å². The summed E-state index contributed by atoms with van der Waals surface area (Å²) in [5, 5.41) is 11.4. The quantitative estimate of drug-likeness (QED) is 0.673. The van der Waals surface area contributed by atoms with Gasteiger partial charge in [-0.2, -0.15) is 0 Å². The van der Waals surface area contributed by atoms with Crippen molar-refractivity contribution in [2.24, 2.45) is 34.1 Å². The van der Waals surface area contributed by atoms with Crippen molar-refractivity contribution in [1.82, 2.24) is 0 Å². The molecule has 174 valence electrons. The van der Waals surface area contributed by atoms with Gasteiger partial charge >= 0.3 is 0 Å². The summed E-state index contributed by atoms with van der Waals surface area (Å²) < 4.78 is 12.2. The van der Waals surface area contributed by atoms with E-state index in [1.807, 2.05) is 34.6 Å². The predicted octanol–water partition coefficient (Wildman–Crippen LogP) is 5.07. The number of aliphatic hydroxyl groups is 1. The van der Waals surface area contributed by atoms with Gasteiger partial charge in [0.1, 0.15) is 11.9 Å². The molecule has 5 heteroatoms. The van der Waals surface area contributed by atoms with Crippen molar-refractivity contribution in [2.45, 2.75) is 92.5 Å². The first-order chi connectivity index (χ1) is 13.8. The van der Waals surface area contributed by atoms with E-state index >= 15 is 0 Å². The van der Waals surface area contributed by atoms with Crippen LogP contribution in [0.15, 0.2) is 17.3 Å². The van der Waals surface area contributed by atoms with Crippen molar-refractivity contribution in [3.05, 3.63) is 12.3 Å². The van der Waals surface area contributed by atoms with Gasteiger partial charge in [-0.1, -0.05) is 48.1 Å². The zero-order valence-corrected chi connectivity index (χ0v) is 20.9. The number of rotatable bonds is 2. The van der Waals surface area contributed by atoms with Crippen LogP contribution in [0.1, 0.15) is 74.7 Å². The van der Waals surface area contributed by atoms with Crippen LogP contribution < -0.4 is 0 Å². The van der Waals surface area contributed by atoms with Gasteiger partial charge in [-0.05, 0) is 38.5 Å². The van der Waals surface area contributed by atoms with E-state index in [1.54, 1.807) is 14.2 Å². The number of ketones is 1. The lowest BCUT2D eigenvalue weighted by atomic mass is 9.70. The second-order valence-corrected chi connectivity index (χ2v) is 10.1. The molecular weight excluding hydrogens is 378 g/mol. The fourth-order valence-electron chi connectivity index (χ4n) is 4.99. The molecule has 1 aliphatic rings. The fraction of sp³-hybridized carbons (Fsp3) is 0.840. The highest BCUT2D eigenvalue weighted by atomic mass is 16.5. The summed E-state index contributed by atoms with van der Waals surface area (Å²) in [5.74, 6) is 0.166. The van der Waals surface area contributed by atoms with Gasteiger partial charge in [0.05, 0.1) is 23.4 Å². The van der Waals surface area contributed by atoms with Crippen LogP contribution in [-0.4, -0.2) is 48.6 Å². The smallest absolute Gasteiger partial charge is 0.143 e. The van der Waals surface area contributed by atoms with Gasteiger partial charge in [-0.3, -0.25) is 9.79 Å². The summed E-state index contributed by atoms with van der Waals surface area (Å²) in [6, 6.07) is 0. The van der Waals surface area contributed by atoms with Crippen molar-refractivity contribution in [3.8, 4) is 0 Å². The molecule has 30 heavy (non-hydrogen) atoms. The van der Waals surface area contributed by atoms with Crippen LogP contribution in [-0.2, 0) is 14.3 Å². The molecule has 0 aromatic heterocycles. The minimum atomic E-state index is -0.656. The lowest BCUT2D eigenvalue weighted by molar-refractivity contribution is -0.129. The Bertz CT molecular complexity index is 641. The number of methoxy groups -OCH3 is 1. The topological polar surface area (TPSA) is 68.1 Å². The summed E-state index contributed by atoms with van der Waals surface area (Å²) in [5.41, 5.74) is -0.0581. The maximum absolute atomic E-state index is 13.0. The van der Waals surface area contributed by atoms with Crippen LogP contribution in [0.5, 0.6) is 0 Å². The van der Waals surface area contributed by atoms with Gasteiger partial charge in [0.2, 0.25) is 0 Å². The molecular formula is C25H45NO4. The lowest BCUT2D eigenvalue weighted by Gasteiger charge is -2.43. The standard InChI is InChI=1S/C25H45NO4/c1-12-21-24(7,8)23(28)18(5)22(26-10)15(2)14-25(9,29-11)16(3)13-20(27)17(4)19(6)30-21/h15-18,21,23,28H,6,12-14H2,1-5,7-11H3/t15-,16-,17?,18?,21-,23?,25-/m1/s1. The Hall–Kier alpha value is -1.20. The summed E-state index contributed by atoms with van der Waals surface area (Å²) >= 11 is 0. The zero-order valence-electron chi connectivity index (χ0n) is 20.9. The van der Waals surface area contributed by atoms with Gasteiger partial charge in [0.15, 0.2) is 0 Å². The summed E-state index contributed by atoms with van der Waals surface area (Å²) in [4.78, 5) is 17.6. The highest BCUT2D eigenvalue weighted by Crippen LogP contribution is 2.39. The van der Waals surface area contributed by atoms with Gasteiger partial charge in [-0.15, -0.1) is 0 Å². The third kappa shape index (κ3) is 5.53. The van der Waals surface area contributed by atoms with Crippen LogP contribution in [0.2, 0.25) is 0 Å². The minimum absolute atomic E-state index is 0.0207.